The van der Waals surface area contributed by atoms with E-state index in [1.807, 2.05) is 13.8 Å². The van der Waals surface area contributed by atoms with Gasteiger partial charge in [-0.1, -0.05) is 0 Å². The smallest absolute Gasteiger partial charge is 0.110 e. The summed E-state index contributed by atoms with van der Waals surface area (Å²) in [6.07, 6.45) is 0.868. The zero-order chi connectivity index (χ0) is 9.84. The first-order valence-electron chi connectivity index (χ1n) is 4.55. The Hall–Kier alpha value is -0.525. The molecule has 1 saturated heterocycles. The molecule has 1 unspecified atom stereocenters. The van der Waals surface area contributed by atoms with Gasteiger partial charge < -0.3 is 9.47 Å². The zero-order valence-corrected chi connectivity index (χ0v) is 8.06. The van der Waals surface area contributed by atoms with Gasteiger partial charge in [0.05, 0.1) is 30.8 Å². The first-order valence-corrected chi connectivity index (χ1v) is 4.55. The molecule has 4 heteroatoms. The minimum absolute atomic E-state index is 0.0120. The predicted octanol–water partition coefficient (Wildman–Crippen LogP) is 0.835. The summed E-state index contributed by atoms with van der Waals surface area (Å²) in [5.41, 5.74) is 0. The lowest BCUT2D eigenvalue weighted by atomic mass is 9.87. The van der Waals surface area contributed by atoms with E-state index in [1.165, 1.54) is 0 Å². The minimum Gasteiger partial charge on any atom is -0.381 e. The summed E-state index contributed by atoms with van der Waals surface area (Å²) in [6.45, 7) is 4.47. The number of hydrogen-bond acceptors (Lipinski definition) is 3. The molecular weight excluding hydrogens is 165 g/mol. The molecule has 13 heavy (non-hydrogen) atoms. The summed E-state index contributed by atoms with van der Waals surface area (Å²) in [5, 5.41) is 8.68. The van der Waals surface area contributed by atoms with Gasteiger partial charge in [-0.3, -0.25) is 0 Å². The highest BCUT2D eigenvalue weighted by atomic mass is 16.5. The normalized spacial score (nSPS) is 33.5. The second-order valence-electron chi connectivity index (χ2n) is 3.58. The van der Waals surface area contributed by atoms with Crippen molar-refractivity contribution >= 4 is 7.85 Å². The van der Waals surface area contributed by atoms with Crippen LogP contribution in [0, 0.1) is 17.2 Å². The van der Waals surface area contributed by atoms with Crippen LogP contribution in [-0.4, -0.2) is 32.7 Å². The van der Waals surface area contributed by atoms with Gasteiger partial charge in [0.1, 0.15) is 7.85 Å². The van der Waals surface area contributed by atoms with Gasteiger partial charge >= 0.3 is 0 Å². The average molecular weight is 179 g/mol. The van der Waals surface area contributed by atoms with Crippen LogP contribution in [0.3, 0.4) is 0 Å². The molecule has 0 aromatic carbocycles. The Balaban J connectivity index is 2.28. The molecule has 1 rings (SSSR count). The molecule has 1 heterocycles. The zero-order valence-electron chi connectivity index (χ0n) is 8.06. The van der Waals surface area contributed by atoms with Crippen molar-refractivity contribution in [1.29, 1.82) is 5.26 Å². The van der Waals surface area contributed by atoms with Gasteiger partial charge in [-0.05, 0) is 20.3 Å². The third-order valence-electron chi connectivity index (χ3n) is 2.04. The van der Waals surface area contributed by atoms with Crippen molar-refractivity contribution in [2.24, 2.45) is 5.92 Å². The molecule has 0 aromatic heterocycles. The SMILES string of the molecule is [B][C@@H]1O[C@H](COC(C)C)CC1C#N. The lowest BCUT2D eigenvalue weighted by Crippen LogP contribution is -2.19. The molecule has 0 spiro atoms. The van der Waals surface area contributed by atoms with Gasteiger partial charge in [0.25, 0.3) is 0 Å². The Bertz CT molecular complexity index is 202. The highest BCUT2D eigenvalue weighted by Gasteiger charge is 2.31. The van der Waals surface area contributed by atoms with Crippen LogP contribution >= 0.6 is 0 Å². The van der Waals surface area contributed by atoms with Crippen LogP contribution in [0.15, 0.2) is 0 Å². The van der Waals surface area contributed by atoms with E-state index in [9.17, 15) is 0 Å². The Morgan fingerprint density at radius 3 is 2.85 bits per heavy atom. The maximum Gasteiger partial charge on any atom is 0.110 e. The molecule has 0 N–H and O–H groups in total. The van der Waals surface area contributed by atoms with E-state index >= 15 is 0 Å². The Morgan fingerprint density at radius 1 is 1.69 bits per heavy atom. The highest BCUT2D eigenvalue weighted by Crippen LogP contribution is 2.24. The molecule has 3 nitrogen and oxygen atoms in total. The molecule has 0 aromatic rings. The summed E-state index contributed by atoms with van der Waals surface area (Å²) < 4.78 is 10.7. The van der Waals surface area contributed by atoms with Gasteiger partial charge in [-0.15, -0.1) is 0 Å². The van der Waals surface area contributed by atoms with E-state index < -0.39 is 6.00 Å². The third kappa shape index (κ3) is 3.02. The van der Waals surface area contributed by atoms with E-state index in [2.05, 4.69) is 6.07 Å². The summed E-state index contributed by atoms with van der Waals surface area (Å²) in [5.74, 6) is -0.180. The monoisotopic (exact) mass is 179 g/mol. The largest absolute Gasteiger partial charge is 0.381 e. The molecule has 1 fully saturated rings. The summed E-state index contributed by atoms with van der Waals surface area (Å²) >= 11 is 0. The fourth-order valence-corrected chi connectivity index (χ4v) is 1.32. The van der Waals surface area contributed by atoms with Gasteiger partial charge in [0.15, 0.2) is 0 Å². The van der Waals surface area contributed by atoms with Crippen molar-refractivity contribution in [2.45, 2.75) is 38.5 Å². The van der Waals surface area contributed by atoms with Crippen molar-refractivity contribution in [3.8, 4) is 6.07 Å². The van der Waals surface area contributed by atoms with Crippen LogP contribution in [0.4, 0.5) is 0 Å². The topological polar surface area (TPSA) is 42.2 Å². The van der Waals surface area contributed by atoms with Crippen LogP contribution in [0.5, 0.6) is 0 Å². The van der Waals surface area contributed by atoms with E-state index in [0.717, 1.165) is 0 Å². The molecule has 0 bridgehead atoms. The van der Waals surface area contributed by atoms with Gasteiger partial charge in [-0.25, -0.2) is 0 Å². The summed E-state index contributed by atoms with van der Waals surface area (Å²) in [4.78, 5) is 0. The van der Waals surface area contributed by atoms with Crippen LogP contribution < -0.4 is 0 Å². The maximum absolute atomic E-state index is 8.68. The quantitative estimate of drug-likeness (QED) is 0.602. The van der Waals surface area contributed by atoms with Gasteiger partial charge in [0, 0.05) is 6.00 Å². The molecular formula is C9H14BNO2. The van der Waals surface area contributed by atoms with Crippen LogP contribution in [0.25, 0.3) is 0 Å². The lowest BCUT2D eigenvalue weighted by Gasteiger charge is -2.13. The summed E-state index contributed by atoms with van der Waals surface area (Å²) in [7, 11) is 5.59. The van der Waals surface area contributed by atoms with Crippen molar-refractivity contribution in [3.63, 3.8) is 0 Å². The first kappa shape index (κ1) is 10.6. The van der Waals surface area contributed by atoms with Gasteiger partial charge in [-0.2, -0.15) is 5.26 Å². The number of hydrogen-bond donors (Lipinski definition) is 0. The third-order valence-corrected chi connectivity index (χ3v) is 2.04. The van der Waals surface area contributed by atoms with Gasteiger partial charge in [0.2, 0.25) is 0 Å². The predicted molar refractivity (Wildman–Crippen MR) is 49.2 cm³/mol. The van der Waals surface area contributed by atoms with E-state index in [0.29, 0.717) is 13.0 Å². The molecule has 1 aliphatic heterocycles. The van der Waals surface area contributed by atoms with Crippen molar-refractivity contribution in [2.75, 3.05) is 6.61 Å². The Labute approximate surface area is 80.4 Å². The second-order valence-corrected chi connectivity index (χ2v) is 3.58. The molecule has 0 aliphatic carbocycles. The maximum atomic E-state index is 8.68. The molecule has 0 amide bonds. The number of nitriles is 1. The van der Waals surface area contributed by atoms with Crippen LogP contribution in [0.2, 0.25) is 0 Å². The average Bonchev–Trinajstić information content (AvgIpc) is 2.43. The van der Waals surface area contributed by atoms with Crippen molar-refractivity contribution in [3.05, 3.63) is 0 Å². The molecule has 0 saturated carbocycles. The highest BCUT2D eigenvalue weighted by molar-refractivity contribution is 6.11. The molecule has 2 radical (unpaired) electrons. The van der Waals surface area contributed by atoms with E-state index in [1.54, 1.807) is 0 Å². The van der Waals surface area contributed by atoms with E-state index in [4.69, 9.17) is 22.6 Å². The Kier molecular flexibility index (Phi) is 3.77. The standard InChI is InChI=1S/C9H14BNO2/c1-6(2)12-5-8-3-7(4-11)9(10)13-8/h6-9H,3,5H2,1-2H3/t7?,8-,9+/m0/s1. The minimum atomic E-state index is -0.439. The first-order chi connectivity index (χ1) is 6.13. The Morgan fingerprint density at radius 2 is 2.38 bits per heavy atom. The molecule has 1 aliphatic rings. The van der Waals surface area contributed by atoms with Crippen LogP contribution in [-0.2, 0) is 9.47 Å². The van der Waals surface area contributed by atoms with Crippen molar-refractivity contribution in [1.82, 2.24) is 0 Å². The second kappa shape index (κ2) is 4.64. The number of rotatable bonds is 3. The molecule has 70 valence electrons. The van der Waals surface area contributed by atoms with E-state index in [-0.39, 0.29) is 18.1 Å². The fourth-order valence-electron chi connectivity index (χ4n) is 1.32. The van der Waals surface area contributed by atoms with Crippen molar-refractivity contribution < 1.29 is 9.47 Å². The summed E-state index contributed by atoms with van der Waals surface area (Å²) in [6, 6.07) is 1.69. The fraction of sp³-hybridized carbons (Fsp3) is 0.889. The molecule has 3 atom stereocenters. The number of nitrogens with zero attached hydrogens (tertiary/aromatic N) is 1. The van der Waals surface area contributed by atoms with Crippen LogP contribution in [0.1, 0.15) is 20.3 Å². The number of ether oxygens (including phenoxy) is 2. The lowest BCUT2D eigenvalue weighted by molar-refractivity contribution is -0.0160.